The zero-order valence-electron chi connectivity index (χ0n) is 6.10. The van der Waals surface area contributed by atoms with Crippen LogP contribution in [0.3, 0.4) is 0 Å². The van der Waals surface area contributed by atoms with Crippen LogP contribution in [0.25, 0.3) is 0 Å². The first-order valence-electron chi connectivity index (χ1n) is 3.34. The third-order valence-corrected chi connectivity index (χ3v) is 1.89. The molecule has 0 radical (unpaired) electrons. The van der Waals surface area contributed by atoms with Crippen molar-refractivity contribution in [1.82, 2.24) is 4.90 Å². The lowest BCUT2D eigenvalue weighted by Crippen LogP contribution is -2.32. The molecule has 66 valence electrons. The van der Waals surface area contributed by atoms with E-state index < -0.39 is 18.2 Å². The van der Waals surface area contributed by atoms with Gasteiger partial charge in [-0.1, -0.05) is 0 Å². The van der Waals surface area contributed by atoms with E-state index in [2.05, 4.69) is 0 Å². The van der Waals surface area contributed by atoms with Crippen molar-refractivity contribution < 1.29 is 18.3 Å². The molecule has 1 aliphatic rings. The predicted octanol–water partition coefficient (Wildman–Crippen LogP) is 0.471. The highest BCUT2D eigenvalue weighted by molar-refractivity contribution is 4.86. The first-order valence-corrected chi connectivity index (χ1v) is 3.34. The number of likely N-dealkylation sites (tertiary alicyclic amines) is 1. The van der Waals surface area contributed by atoms with Gasteiger partial charge in [0.05, 0.1) is 12.0 Å². The van der Waals surface area contributed by atoms with Crippen LogP contribution in [0, 0.1) is 5.92 Å². The van der Waals surface area contributed by atoms with Gasteiger partial charge in [0.2, 0.25) is 0 Å². The molecular formula is C6H10F3NO. The Balaban J connectivity index is 2.60. The second-order valence-corrected chi connectivity index (χ2v) is 2.94. The topological polar surface area (TPSA) is 23.5 Å². The lowest BCUT2D eigenvalue weighted by atomic mass is 10.1. The summed E-state index contributed by atoms with van der Waals surface area (Å²) in [5.41, 5.74) is 0. The Morgan fingerprint density at radius 2 is 1.91 bits per heavy atom. The number of aliphatic hydroxyl groups excluding tert-OH is 1. The van der Waals surface area contributed by atoms with E-state index in [-0.39, 0.29) is 13.1 Å². The summed E-state index contributed by atoms with van der Waals surface area (Å²) in [6.45, 7) is 0.0227. The molecule has 1 saturated heterocycles. The van der Waals surface area contributed by atoms with Crippen molar-refractivity contribution in [1.29, 1.82) is 0 Å². The van der Waals surface area contributed by atoms with Gasteiger partial charge in [0.15, 0.2) is 0 Å². The van der Waals surface area contributed by atoms with Crippen LogP contribution < -0.4 is 0 Å². The minimum atomic E-state index is -4.26. The molecule has 0 aromatic carbocycles. The molecule has 1 aliphatic heterocycles. The zero-order valence-corrected chi connectivity index (χ0v) is 6.10. The average molecular weight is 169 g/mol. The van der Waals surface area contributed by atoms with Gasteiger partial charge in [0, 0.05) is 13.1 Å². The molecule has 0 spiro atoms. The van der Waals surface area contributed by atoms with Crippen molar-refractivity contribution in [3.05, 3.63) is 0 Å². The van der Waals surface area contributed by atoms with Crippen LogP contribution in [-0.4, -0.2) is 42.4 Å². The van der Waals surface area contributed by atoms with E-state index in [1.54, 1.807) is 7.05 Å². The summed E-state index contributed by atoms with van der Waals surface area (Å²) < 4.78 is 36.0. The minimum absolute atomic E-state index is 0.0926. The summed E-state index contributed by atoms with van der Waals surface area (Å²) in [5, 5.41) is 8.93. The van der Waals surface area contributed by atoms with Crippen molar-refractivity contribution in [2.45, 2.75) is 12.3 Å². The summed E-state index contributed by atoms with van der Waals surface area (Å²) in [5.74, 6) is -1.56. The predicted molar refractivity (Wildman–Crippen MR) is 33.0 cm³/mol. The Kier molecular flexibility index (Phi) is 2.11. The maximum absolute atomic E-state index is 12.0. The van der Waals surface area contributed by atoms with E-state index >= 15 is 0 Å². The molecule has 1 rings (SSSR count). The fourth-order valence-electron chi connectivity index (χ4n) is 1.30. The first-order chi connectivity index (χ1) is 4.91. The molecule has 0 amide bonds. The molecule has 1 N–H and O–H groups in total. The summed E-state index contributed by atoms with van der Waals surface area (Å²) in [6, 6.07) is 0. The Hall–Kier alpha value is -0.290. The Labute approximate surface area is 62.6 Å². The largest absolute Gasteiger partial charge is 0.395 e. The molecule has 5 heteroatoms. The third kappa shape index (κ3) is 1.84. The number of halogens is 3. The van der Waals surface area contributed by atoms with Gasteiger partial charge in [0.1, 0.15) is 0 Å². The van der Waals surface area contributed by atoms with Crippen LogP contribution in [0.5, 0.6) is 0 Å². The molecule has 1 fully saturated rings. The van der Waals surface area contributed by atoms with Crippen LogP contribution >= 0.6 is 0 Å². The Bertz CT molecular complexity index is 147. The highest BCUT2D eigenvalue weighted by Crippen LogP contribution is 2.32. The standard InChI is InChI=1S/C6H10F3NO/c1-10-2-4(5(11)3-10)6(7,8)9/h4-5,11H,2-3H2,1H3. The number of likely N-dealkylation sites (N-methyl/N-ethyl adjacent to an activating group) is 1. The molecule has 0 aliphatic carbocycles. The quantitative estimate of drug-likeness (QED) is 0.569. The number of hydrogen-bond acceptors (Lipinski definition) is 2. The van der Waals surface area contributed by atoms with Crippen molar-refractivity contribution in [3.8, 4) is 0 Å². The monoisotopic (exact) mass is 169 g/mol. The van der Waals surface area contributed by atoms with Gasteiger partial charge in [-0.25, -0.2) is 0 Å². The lowest BCUT2D eigenvalue weighted by molar-refractivity contribution is -0.188. The van der Waals surface area contributed by atoms with E-state index in [9.17, 15) is 13.2 Å². The zero-order chi connectivity index (χ0) is 8.65. The van der Waals surface area contributed by atoms with Crippen molar-refractivity contribution in [2.75, 3.05) is 20.1 Å². The van der Waals surface area contributed by atoms with Gasteiger partial charge >= 0.3 is 6.18 Å². The van der Waals surface area contributed by atoms with Crippen LogP contribution in [0.1, 0.15) is 0 Å². The highest BCUT2D eigenvalue weighted by atomic mass is 19.4. The van der Waals surface area contributed by atoms with Gasteiger partial charge in [-0.05, 0) is 7.05 Å². The van der Waals surface area contributed by atoms with E-state index in [1.807, 2.05) is 0 Å². The first kappa shape index (κ1) is 8.80. The number of aliphatic hydroxyl groups is 1. The third-order valence-electron chi connectivity index (χ3n) is 1.89. The molecule has 2 nitrogen and oxygen atoms in total. The van der Waals surface area contributed by atoms with Gasteiger partial charge in [0.25, 0.3) is 0 Å². The van der Waals surface area contributed by atoms with Crippen molar-refractivity contribution >= 4 is 0 Å². The summed E-state index contributed by atoms with van der Waals surface area (Å²) in [4.78, 5) is 1.48. The normalized spacial score (nSPS) is 34.6. The fraction of sp³-hybridized carbons (Fsp3) is 1.00. The van der Waals surface area contributed by atoms with E-state index in [1.165, 1.54) is 4.90 Å². The smallest absolute Gasteiger partial charge is 0.391 e. The van der Waals surface area contributed by atoms with Crippen LogP contribution in [0.4, 0.5) is 13.2 Å². The SMILES string of the molecule is CN1CC(O)C(C(F)(F)F)C1. The molecule has 2 unspecified atom stereocenters. The molecule has 2 atom stereocenters. The maximum atomic E-state index is 12.0. The van der Waals surface area contributed by atoms with Crippen LogP contribution in [0.15, 0.2) is 0 Å². The van der Waals surface area contributed by atoms with Crippen LogP contribution in [-0.2, 0) is 0 Å². The number of rotatable bonds is 0. The van der Waals surface area contributed by atoms with Crippen LogP contribution in [0.2, 0.25) is 0 Å². The van der Waals surface area contributed by atoms with Gasteiger partial charge in [-0.3, -0.25) is 0 Å². The average Bonchev–Trinajstić information content (AvgIpc) is 2.08. The molecular weight excluding hydrogens is 159 g/mol. The second kappa shape index (κ2) is 2.64. The number of alkyl halides is 3. The summed E-state index contributed by atoms with van der Waals surface area (Å²) >= 11 is 0. The molecule has 1 heterocycles. The number of hydrogen-bond donors (Lipinski definition) is 1. The number of β-amino-alcohol motifs (C(OH)–C–C–N with tert-alkyl or cyclic N) is 1. The van der Waals surface area contributed by atoms with E-state index in [0.717, 1.165) is 0 Å². The van der Waals surface area contributed by atoms with E-state index in [4.69, 9.17) is 5.11 Å². The molecule has 0 saturated carbocycles. The lowest BCUT2D eigenvalue weighted by Gasteiger charge is -2.16. The summed E-state index contributed by atoms with van der Waals surface area (Å²) in [7, 11) is 1.56. The maximum Gasteiger partial charge on any atom is 0.395 e. The van der Waals surface area contributed by atoms with Crippen molar-refractivity contribution in [2.24, 2.45) is 5.92 Å². The number of nitrogens with zero attached hydrogens (tertiary/aromatic N) is 1. The van der Waals surface area contributed by atoms with E-state index in [0.29, 0.717) is 0 Å². The molecule has 0 aromatic rings. The fourth-order valence-corrected chi connectivity index (χ4v) is 1.30. The second-order valence-electron chi connectivity index (χ2n) is 2.94. The van der Waals surface area contributed by atoms with Gasteiger partial charge in [-0.2, -0.15) is 13.2 Å². The molecule has 0 aromatic heterocycles. The minimum Gasteiger partial charge on any atom is -0.391 e. The highest BCUT2D eigenvalue weighted by Gasteiger charge is 2.48. The molecule has 0 bridgehead atoms. The Morgan fingerprint density at radius 3 is 2.09 bits per heavy atom. The Morgan fingerprint density at radius 1 is 1.36 bits per heavy atom. The molecule has 11 heavy (non-hydrogen) atoms. The summed E-state index contributed by atoms with van der Waals surface area (Å²) in [6.07, 6.45) is -5.51. The van der Waals surface area contributed by atoms with Gasteiger partial charge < -0.3 is 10.0 Å². The van der Waals surface area contributed by atoms with Crippen molar-refractivity contribution in [3.63, 3.8) is 0 Å². The van der Waals surface area contributed by atoms with Gasteiger partial charge in [-0.15, -0.1) is 0 Å².